The summed E-state index contributed by atoms with van der Waals surface area (Å²) in [5.41, 5.74) is 0.520. The van der Waals surface area contributed by atoms with Crippen molar-refractivity contribution in [1.29, 1.82) is 0 Å². The number of hydrogen-bond donors (Lipinski definition) is 0. The Morgan fingerprint density at radius 1 is 1.37 bits per heavy atom. The number of rotatable bonds is 1. The second kappa shape index (κ2) is 4.74. The summed E-state index contributed by atoms with van der Waals surface area (Å²) in [6.07, 6.45) is 1.00. The molecular weight excluding hydrogens is 268 g/mol. The predicted molar refractivity (Wildman–Crippen MR) is 72.9 cm³/mol. The normalized spacial score (nSPS) is 11.6. The van der Waals surface area contributed by atoms with E-state index in [0.29, 0.717) is 21.9 Å². The Morgan fingerprint density at radius 3 is 2.63 bits per heavy atom. The third-order valence-electron chi connectivity index (χ3n) is 2.38. The Kier molecular flexibility index (Phi) is 3.41. The van der Waals surface area contributed by atoms with Crippen molar-refractivity contribution in [3.05, 3.63) is 23.4 Å². The summed E-state index contributed by atoms with van der Waals surface area (Å²) in [6, 6.07) is 3.39. The number of aromatic nitrogens is 2. The van der Waals surface area contributed by atoms with Crippen LogP contribution in [0.25, 0.3) is 11.0 Å². The second-order valence-corrected chi connectivity index (χ2v) is 5.46. The maximum atomic E-state index is 12.1. The van der Waals surface area contributed by atoms with E-state index in [2.05, 4.69) is 4.98 Å². The van der Waals surface area contributed by atoms with Crippen molar-refractivity contribution in [2.45, 2.75) is 26.4 Å². The maximum Gasteiger partial charge on any atom is 0.419 e. The van der Waals surface area contributed by atoms with E-state index in [1.165, 1.54) is 17.9 Å². The van der Waals surface area contributed by atoms with E-state index in [1.807, 2.05) is 0 Å². The zero-order valence-electron chi connectivity index (χ0n) is 11.2. The number of fused-ring (bicyclic) bond motifs is 1. The van der Waals surface area contributed by atoms with Gasteiger partial charge in [0.1, 0.15) is 11.1 Å². The summed E-state index contributed by atoms with van der Waals surface area (Å²) in [6.45, 7) is 5.42. The van der Waals surface area contributed by atoms with Crippen LogP contribution in [-0.2, 0) is 4.74 Å². The van der Waals surface area contributed by atoms with E-state index in [-0.39, 0.29) is 0 Å². The number of ether oxygens (including phenoxy) is 2. The van der Waals surface area contributed by atoms with Crippen LogP contribution in [0.4, 0.5) is 4.79 Å². The number of pyridine rings is 1. The van der Waals surface area contributed by atoms with E-state index in [1.54, 1.807) is 32.9 Å². The van der Waals surface area contributed by atoms with Crippen LogP contribution in [0, 0.1) is 0 Å². The van der Waals surface area contributed by atoms with Crippen molar-refractivity contribution in [3.63, 3.8) is 0 Å². The molecule has 0 unspecified atom stereocenters. The lowest BCUT2D eigenvalue weighted by molar-refractivity contribution is 0.0544. The highest BCUT2D eigenvalue weighted by molar-refractivity contribution is 6.35. The molecular formula is C13H15ClN2O3. The lowest BCUT2D eigenvalue weighted by Gasteiger charge is -2.19. The molecule has 2 heterocycles. The maximum absolute atomic E-state index is 12.1. The van der Waals surface area contributed by atoms with E-state index in [4.69, 9.17) is 21.1 Å². The zero-order chi connectivity index (χ0) is 14.2. The number of carbonyl (C=O) groups excluding carboxylic acids is 1. The van der Waals surface area contributed by atoms with Gasteiger partial charge in [-0.1, -0.05) is 11.6 Å². The Labute approximate surface area is 116 Å². The molecule has 6 heteroatoms. The van der Waals surface area contributed by atoms with Crippen molar-refractivity contribution in [3.8, 4) is 5.88 Å². The Morgan fingerprint density at radius 2 is 2.05 bits per heavy atom. The fourth-order valence-corrected chi connectivity index (χ4v) is 1.86. The van der Waals surface area contributed by atoms with Gasteiger partial charge in [-0.2, -0.15) is 0 Å². The van der Waals surface area contributed by atoms with Gasteiger partial charge < -0.3 is 9.47 Å². The predicted octanol–water partition coefficient (Wildman–Crippen LogP) is 3.48. The first kappa shape index (κ1) is 13.7. The summed E-state index contributed by atoms with van der Waals surface area (Å²) in [7, 11) is 1.52. The molecule has 2 rings (SSSR count). The SMILES string of the molecule is COc1ccc2c(n1)c(Cl)cn2C(=O)OC(C)(C)C. The first-order valence-corrected chi connectivity index (χ1v) is 6.14. The molecule has 2 aromatic heterocycles. The van der Waals surface area contributed by atoms with Crippen molar-refractivity contribution in [2.24, 2.45) is 0 Å². The molecule has 0 aliphatic carbocycles. The molecule has 0 fully saturated rings. The highest BCUT2D eigenvalue weighted by atomic mass is 35.5. The number of carbonyl (C=O) groups is 1. The lowest BCUT2D eigenvalue weighted by Crippen LogP contribution is -2.26. The number of methoxy groups -OCH3 is 1. The van der Waals surface area contributed by atoms with Gasteiger partial charge in [0.15, 0.2) is 0 Å². The van der Waals surface area contributed by atoms with Gasteiger partial charge >= 0.3 is 6.09 Å². The number of nitrogens with zero attached hydrogens (tertiary/aromatic N) is 2. The fourth-order valence-electron chi connectivity index (χ4n) is 1.62. The van der Waals surface area contributed by atoms with Gasteiger partial charge in [0.05, 0.1) is 17.6 Å². The molecule has 0 amide bonds. The minimum absolute atomic E-state index is 0.375. The van der Waals surface area contributed by atoms with E-state index in [0.717, 1.165) is 0 Å². The molecule has 0 spiro atoms. The standard InChI is InChI=1S/C13H15ClN2O3/c1-13(2,3)19-12(17)16-7-8(14)11-9(16)5-6-10(15-11)18-4/h5-7H,1-4H3. The van der Waals surface area contributed by atoms with E-state index >= 15 is 0 Å². The molecule has 2 aromatic rings. The number of hydrogen-bond acceptors (Lipinski definition) is 4. The van der Waals surface area contributed by atoms with Crippen LogP contribution in [0.15, 0.2) is 18.3 Å². The Bertz CT molecular complexity index is 629. The molecule has 0 aliphatic rings. The Hall–Kier alpha value is -1.75. The van der Waals surface area contributed by atoms with Crippen LogP contribution in [0.3, 0.4) is 0 Å². The minimum atomic E-state index is -0.569. The molecule has 0 N–H and O–H groups in total. The van der Waals surface area contributed by atoms with Crippen LogP contribution < -0.4 is 4.74 Å². The average molecular weight is 283 g/mol. The lowest BCUT2D eigenvalue weighted by atomic mass is 10.2. The van der Waals surface area contributed by atoms with Crippen LogP contribution in [0.5, 0.6) is 5.88 Å². The van der Waals surface area contributed by atoms with Crippen molar-refractivity contribution < 1.29 is 14.3 Å². The average Bonchev–Trinajstić information content (AvgIpc) is 2.64. The number of halogens is 1. The van der Waals surface area contributed by atoms with E-state index in [9.17, 15) is 4.79 Å². The quantitative estimate of drug-likeness (QED) is 0.803. The smallest absolute Gasteiger partial charge is 0.419 e. The van der Waals surface area contributed by atoms with Crippen LogP contribution in [0.2, 0.25) is 5.02 Å². The third kappa shape index (κ3) is 2.81. The summed E-state index contributed by atoms with van der Waals surface area (Å²) in [5, 5.41) is 0.375. The zero-order valence-corrected chi connectivity index (χ0v) is 12.0. The third-order valence-corrected chi connectivity index (χ3v) is 2.65. The largest absolute Gasteiger partial charge is 0.481 e. The fraction of sp³-hybridized carbons (Fsp3) is 0.385. The molecule has 0 saturated heterocycles. The molecule has 0 saturated carbocycles. The molecule has 0 aromatic carbocycles. The van der Waals surface area contributed by atoms with Crippen LogP contribution in [0.1, 0.15) is 20.8 Å². The molecule has 0 aliphatic heterocycles. The van der Waals surface area contributed by atoms with Gasteiger partial charge in [-0.25, -0.2) is 14.3 Å². The first-order valence-electron chi connectivity index (χ1n) is 5.77. The van der Waals surface area contributed by atoms with Crippen molar-refractivity contribution >= 4 is 28.7 Å². The molecule has 0 atom stereocenters. The van der Waals surface area contributed by atoms with Gasteiger partial charge in [-0.15, -0.1) is 0 Å². The van der Waals surface area contributed by atoms with Gasteiger partial charge in [0.2, 0.25) is 5.88 Å². The summed E-state index contributed by atoms with van der Waals surface area (Å²) in [5.74, 6) is 0.441. The first-order chi connectivity index (χ1) is 8.81. The summed E-state index contributed by atoms with van der Waals surface area (Å²) >= 11 is 6.08. The van der Waals surface area contributed by atoms with Gasteiger partial charge in [0.25, 0.3) is 0 Å². The highest BCUT2D eigenvalue weighted by Gasteiger charge is 2.21. The van der Waals surface area contributed by atoms with Crippen molar-refractivity contribution in [2.75, 3.05) is 7.11 Å². The topological polar surface area (TPSA) is 53.4 Å². The minimum Gasteiger partial charge on any atom is -0.481 e. The Balaban J connectivity index is 2.48. The summed E-state index contributed by atoms with van der Waals surface area (Å²) < 4.78 is 11.7. The molecule has 19 heavy (non-hydrogen) atoms. The molecule has 5 nitrogen and oxygen atoms in total. The molecule has 102 valence electrons. The van der Waals surface area contributed by atoms with Crippen LogP contribution in [-0.4, -0.2) is 28.4 Å². The van der Waals surface area contributed by atoms with Crippen LogP contribution >= 0.6 is 11.6 Å². The van der Waals surface area contributed by atoms with Gasteiger partial charge in [-0.3, -0.25) is 0 Å². The molecule has 0 bridgehead atoms. The van der Waals surface area contributed by atoms with Gasteiger partial charge in [0, 0.05) is 12.3 Å². The highest BCUT2D eigenvalue weighted by Crippen LogP contribution is 2.27. The summed E-state index contributed by atoms with van der Waals surface area (Å²) in [4.78, 5) is 16.3. The van der Waals surface area contributed by atoms with Crippen molar-refractivity contribution in [1.82, 2.24) is 9.55 Å². The van der Waals surface area contributed by atoms with E-state index < -0.39 is 11.7 Å². The van der Waals surface area contributed by atoms with Gasteiger partial charge in [-0.05, 0) is 26.8 Å². The second-order valence-electron chi connectivity index (χ2n) is 5.05. The molecule has 0 radical (unpaired) electrons. The monoisotopic (exact) mass is 282 g/mol.